The van der Waals surface area contributed by atoms with E-state index in [9.17, 15) is 14.4 Å². The molecule has 1 aromatic carbocycles. The molecular formula is C24H33N3O3. The van der Waals surface area contributed by atoms with Gasteiger partial charge in [0.05, 0.1) is 0 Å². The summed E-state index contributed by atoms with van der Waals surface area (Å²) in [7, 11) is 0. The molecule has 2 heterocycles. The van der Waals surface area contributed by atoms with Crippen molar-refractivity contribution < 1.29 is 14.4 Å². The number of fused-ring (bicyclic) bond motifs is 2. The van der Waals surface area contributed by atoms with E-state index in [4.69, 9.17) is 0 Å². The average molecular weight is 412 g/mol. The molecule has 6 heteroatoms. The smallest absolute Gasteiger partial charge is 0.254 e. The highest BCUT2D eigenvalue weighted by Gasteiger charge is 2.28. The van der Waals surface area contributed by atoms with Crippen LogP contribution in [0.5, 0.6) is 0 Å². The molecular weight excluding hydrogens is 378 g/mol. The molecule has 4 rings (SSSR count). The predicted molar refractivity (Wildman–Crippen MR) is 116 cm³/mol. The third kappa shape index (κ3) is 4.75. The summed E-state index contributed by atoms with van der Waals surface area (Å²) in [4.78, 5) is 42.2. The van der Waals surface area contributed by atoms with Crippen LogP contribution in [0.3, 0.4) is 0 Å². The van der Waals surface area contributed by atoms with Crippen LogP contribution in [0, 0.1) is 0 Å². The minimum atomic E-state index is 0.0515. The molecule has 0 bridgehead atoms. The molecule has 1 unspecified atom stereocenters. The standard InChI is InChI=1S/C24H33N3O3/c28-22-11-10-19-20(22)8-5-9-21(19)24(30)27-14-4-2-12-25-23(29)17-18-7-1-3-13-26(18)15-6-16-27/h5,8-9,18H,1-4,6-7,10-17H2,(H,25,29). The highest BCUT2D eigenvalue weighted by molar-refractivity contribution is 6.05. The number of hydrogen-bond acceptors (Lipinski definition) is 4. The van der Waals surface area contributed by atoms with Gasteiger partial charge in [-0.3, -0.25) is 19.3 Å². The van der Waals surface area contributed by atoms with Gasteiger partial charge in [-0.05, 0) is 56.7 Å². The van der Waals surface area contributed by atoms with Crippen molar-refractivity contribution in [2.45, 2.75) is 63.8 Å². The van der Waals surface area contributed by atoms with Gasteiger partial charge in [-0.1, -0.05) is 18.6 Å². The van der Waals surface area contributed by atoms with Gasteiger partial charge < -0.3 is 10.2 Å². The molecule has 1 aliphatic carbocycles. The summed E-state index contributed by atoms with van der Waals surface area (Å²) in [5, 5.41) is 3.06. The van der Waals surface area contributed by atoms with E-state index in [1.54, 1.807) is 0 Å². The third-order valence-electron chi connectivity index (χ3n) is 6.82. The topological polar surface area (TPSA) is 69.7 Å². The fourth-order valence-electron chi connectivity index (χ4n) is 5.17. The first kappa shape index (κ1) is 21.0. The fraction of sp³-hybridized carbons (Fsp3) is 0.625. The van der Waals surface area contributed by atoms with Gasteiger partial charge in [0, 0.05) is 56.2 Å². The monoisotopic (exact) mass is 411 g/mol. The Morgan fingerprint density at radius 2 is 1.73 bits per heavy atom. The number of Topliss-reactive ketones (excluding diaryl/α,β-unsaturated/α-hetero) is 1. The van der Waals surface area contributed by atoms with Gasteiger partial charge in [0.2, 0.25) is 5.91 Å². The maximum atomic E-state index is 13.4. The van der Waals surface area contributed by atoms with E-state index in [0.29, 0.717) is 44.0 Å². The Kier molecular flexibility index (Phi) is 6.82. The molecule has 0 aromatic heterocycles. The lowest BCUT2D eigenvalue weighted by Gasteiger charge is -2.36. The Morgan fingerprint density at radius 1 is 0.933 bits per heavy atom. The number of benzene rings is 1. The van der Waals surface area contributed by atoms with Gasteiger partial charge >= 0.3 is 0 Å². The van der Waals surface area contributed by atoms with Crippen LogP contribution < -0.4 is 5.32 Å². The molecule has 6 nitrogen and oxygen atoms in total. The van der Waals surface area contributed by atoms with E-state index in [-0.39, 0.29) is 17.6 Å². The van der Waals surface area contributed by atoms with Crippen molar-refractivity contribution in [1.29, 1.82) is 0 Å². The summed E-state index contributed by atoms with van der Waals surface area (Å²) in [5.74, 6) is 0.357. The van der Waals surface area contributed by atoms with Gasteiger partial charge in [0.15, 0.2) is 5.78 Å². The molecule has 1 aromatic rings. The van der Waals surface area contributed by atoms with Crippen molar-refractivity contribution in [3.63, 3.8) is 0 Å². The summed E-state index contributed by atoms with van der Waals surface area (Å²) < 4.78 is 0. The first-order valence-electron chi connectivity index (χ1n) is 11.6. The quantitative estimate of drug-likeness (QED) is 0.772. The molecule has 2 aliphatic heterocycles. The van der Waals surface area contributed by atoms with Crippen molar-refractivity contribution >= 4 is 17.6 Å². The second-order valence-electron chi connectivity index (χ2n) is 8.85. The average Bonchev–Trinajstić information content (AvgIpc) is 3.14. The van der Waals surface area contributed by atoms with Crippen LogP contribution >= 0.6 is 0 Å². The van der Waals surface area contributed by atoms with Crippen LogP contribution in [-0.2, 0) is 11.2 Å². The summed E-state index contributed by atoms with van der Waals surface area (Å²) in [6.07, 6.45) is 7.89. The van der Waals surface area contributed by atoms with Crippen molar-refractivity contribution in [3.8, 4) is 0 Å². The first-order chi connectivity index (χ1) is 14.6. The summed E-state index contributed by atoms with van der Waals surface area (Å²) >= 11 is 0. The van der Waals surface area contributed by atoms with E-state index < -0.39 is 0 Å². The fourth-order valence-corrected chi connectivity index (χ4v) is 5.17. The van der Waals surface area contributed by atoms with Gasteiger partial charge in [-0.25, -0.2) is 0 Å². The number of rotatable bonds is 1. The van der Waals surface area contributed by atoms with E-state index in [0.717, 1.165) is 56.4 Å². The SMILES string of the molecule is O=C1CC2CCCCN2CCCN(C(=O)c2cccc3c2CCC3=O)CCCCN1. The summed E-state index contributed by atoms with van der Waals surface area (Å²) in [6.45, 7) is 4.05. The number of carbonyl (C=O) groups is 3. The van der Waals surface area contributed by atoms with Gasteiger partial charge in [0.1, 0.15) is 0 Å². The lowest BCUT2D eigenvalue weighted by molar-refractivity contribution is -0.122. The lowest BCUT2D eigenvalue weighted by Crippen LogP contribution is -2.44. The Labute approximate surface area is 179 Å². The van der Waals surface area contributed by atoms with Crippen LogP contribution in [0.4, 0.5) is 0 Å². The maximum absolute atomic E-state index is 13.4. The first-order valence-corrected chi connectivity index (χ1v) is 11.6. The van der Waals surface area contributed by atoms with Gasteiger partial charge in [-0.2, -0.15) is 0 Å². The maximum Gasteiger partial charge on any atom is 0.254 e. The van der Waals surface area contributed by atoms with Crippen LogP contribution in [0.1, 0.15) is 77.6 Å². The molecule has 1 atom stereocenters. The summed E-state index contributed by atoms with van der Waals surface area (Å²) in [5.41, 5.74) is 2.36. The van der Waals surface area contributed by atoms with Gasteiger partial charge in [-0.15, -0.1) is 0 Å². The largest absolute Gasteiger partial charge is 0.356 e. The minimum Gasteiger partial charge on any atom is -0.356 e. The Bertz CT molecular complexity index is 807. The molecule has 2 fully saturated rings. The zero-order valence-corrected chi connectivity index (χ0v) is 17.8. The number of nitrogens with zero attached hydrogens (tertiary/aromatic N) is 2. The van der Waals surface area contributed by atoms with E-state index in [1.807, 2.05) is 23.1 Å². The van der Waals surface area contributed by atoms with E-state index in [1.165, 1.54) is 12.8 Å². The summed E-state index contributed by atoms with van der Waals surface area (Å²) in [6, 6.07) is 5.89. The van der Waals surface area contributed by atoms with Crippen molar-refractivity contribution in [2.24, 2.45) is 0 Å². The van der Waals surface area contributed by atoms with Crippen molar-refractivity contribution in [2.75, 3.05) is 32.7 Å². The number of amides is 2. The van der Waals surface area contributed by atoms with Crippen LogP contribution in [0.25, 0.3) is 0 Å². The second kappa shape index (κ2) is 9.73. The molecule has 0 saturated carbocycles. The highest BCUT2D eigenvalue weighted by Crippen LogP contribution is 2.27. The lowest BCUT2D eigenvalue weighted by atomic mass is 9.98. The second-order valence-corrected chi connectivity index (χ2v) is 8.85. The van der Waals surface area contributed by atoms with E-state index in [2.05, 4.69) is 10.2 Å². The molecule has 1 N–H and O–H groups in total. The zero-order chi connectivity index (χ0) is 20.9. The zero-order valence-electron chi connectivity index (χ0n) is 17.8. The van der Waals surface area contributed by atoms with Crippen molar-refractivity contribution in [3.05, 3.63) is 34.9 Å². The normalized spacial score (nSPS) is 24.1. The Hall–Kier alpha value is -2.21. The molecule has 0 radical (unpaired) electrons. The molecule has 2 amide bonds. The molecule has 2 saturated heterocycles. The van der Waals surface area contributed by atoms with Crippen LogP contribution in [0.2, 0.25) is 0 Å². The number of ketones is 1. The molecule has 0 spiro atoms. The molecule has 30 heavy (non-hydrogen) atoms. The number of piperidine rings is 1. The predicted octanol–water partition coefficient (Wildman–Crippen LogP) is 2.80. The Morgan fingerprint density at radius 3 is 2.63 bits per heavy atom. The number of hydrogen-bond donors (Lipinski definition) is 1. The van der Waals surface area contributed by atoms with Crippen molar-refractivity contribution in [1.82, 2.24) is 15.1 Å². The van der Waals surface area contributed by atoms with E-state index >= 15 is 0 Å². The van der Waals surface area contributed by atoms with Crippen LogP contribution in [0.15, 0.2) is 18.2 Å². The highest BCUT2D eigenvalue weighted by atomic mass is 16.2. The minimum absolute atomic E-state index is 0.0515. The third-order valence-corrected chi connectivity index (χ3v) is 6.82. The number of nitrogens with one attached hydrogen (secondary N) is 1. The van der Waals surface area contributed by atoms with Gasteiger partial charge in [0.25, 0.3) is 5.91 Å². The molecule has 3 aliphatic rings. The number of carbonyl (C=O) groups excluding carboxylic acids is 3. The molecule has 162 valence electrons. The Balaban J connectivity index is 1.48. The van der Waals surface area contributed by atoms with Crippen LogP contribution in [-0.4, -0.2) is 66.2 Å².